The summed E-state index contributed by atoms with van der Waals surface area (Å²) in [7, 11) is 0. The van der Waals surface area contributed by atoms with Gasteiger partial charge in [0, 0.05) is 6.54 Å². The number of aromatic amines is 1. The Kier molecular flexibility index (Phi) is 3.69. The summed E-state index contributed by atoms with van der Waals surface area (Å²) < 4.78 is 0. The minimum Gasteiger partial charge on any atom is -0.392 e. The number of aryl methyl sites for hydroxylation is 1. The van der Waals surface area contributed by atoms with Crippen molar-refractivity contribution in [1.82, 2.24) is 20.5 Å². The van der Waals surface area contributed by atoms with Crippen molar-refractivity contribution in [2.75, 3.05) is 0 Å². The Labute approximate surface area is 104 Å². The molecule has 0 aliphatic rings. The van der Waals surface area contributed by atoms with Crippen LogP contribution in [-0.2, 0) is 13.2 Å². The van der Waals surface area contributed by atoms with Crippen molar-refractivity contribution in [3.8, 4) is 0 Å². The topological polar surface area (TPSA) is 90.9 Å². The molecule has 1 amide bonds. The van der Waals surface area contributed by atoms with Crippen molar-refractivity contribution in [1.29, 1.82) is 0 Å². The molecule has 1 aromatic carbocycles. The monoisotopic (exact) mass is 246 g/mol. The molecule has 2 aromatic rings. The Hall–Kier alpha value is -2.21. The molecule has 1 aromatic heterocycles. The first kappa shape index (κ1) is 12.3. The average Bonchev–Trinajstić information content (AvgIpc) is 2.83. The van der Waals surface area contributed by atoms with Gasteiger partial charge in [-0.05, 0) is 18.1 Å². The number of amides is 1. The summed E-state index contributed by atoms with van der Waals surface area (Å²) in [5.41, 5.74) is 1.79. The first-order chi connectivity index (χ1) is 8.69. The van der Waals surface area contributed by atoms with E-state index in [0.29, 0.717) is 12.4 Å². The molecule has 0 saturated heterocycles. The smallest absolute Gasteiger partial charge is 0.291 e. The fraction of sp³-hybridized carbons (Fsp3) is 0.250. The summed E-state index contributed by atoms with van der Waals surface area (Å²) in [4.78, 5) is 15.6. The molecule has 6 nitrogen and oxygen atoms in total. The van der Waals surface area contributed by atoms with E-state index in [4.69, 9.17) is 5.11 Å². The largest absolute Gasteiger partial charge is 0.392 e. The lowest BCUT2D eigenvalue weighted by molar-refractivity contribution is 0.0941. The molecule has 2 rings (SSSR count). The Morgan fingerprint density at radius 3 is 2.56 bits per heavy atom. The van der Waals surface area contributed by atoms with Gasteiger partial charge in [0.05, 0.1) is 6.61 Å². The molecule has 0 atom stereocenters. The minimum absolute atomic E-state index is 0.0170. The second-order valence-corrected chi connectivity index (χ2v) is 3.90. The maximum absolute atomic E-state index is 11.7. The molecule has 0 fully saturated rings. The predicted molar refractivity (Wildman–Crippen MR) is 64.7 cm³/mol. The zero-order valence-electron chi connectivity index (χ0n) is 9.97. The molecule has 18 heavy (non-hydrogen) atoms. The van der Waals surface area contributed by atoms with Crippen LogP contribution < -0.4 is 5.32 Å². The molecular formula is C12H14N4O2. The first-order valence-corrected chi connectivity index (χ1v) is 5.55. The number of aliphatic hydroxyl groups is 1. The van der Waals surface area contributed by atoms with E-state index >= 15 is 0 Å². The Morgan fingerprint density at radius 2 is 2.00 bits per heavy atom. The van der Waals surface area contributed by atoms with Gasteiger partial charge in [-0.1, -0.05) is 24.3 Å². The fourth-order valence-corrected chi connectivity index (χ4v) is 1.47. The van der Waals surface area contributed by atoms with Gasteiger partial charge in [-0.15, -0.1) is 5.10 Å². The minimum atomic E-state index is -0.314. The molecule has 0 aliphatic carbocycles. The molecular weight excluding hydrogens is 232 g/mol. The van der Waals surface area contributed by atoms with E-state index in [-0.39, 0.29) is 18.3 Å². The number of hydrogen-bond donors (Lipinski definition) is 3. The molecule has 0 spiro atoms. The maximum Gasteiger partial charge on any atom is 0.291 e. The quantitative estimate of drug-likeness (QED) is 0.734. The summed E-state index contributed by atoms with van der Waals surface area (Å²) >= 11 is 0. The Balaban J connectivity index is 1.92. The van der Waals surface area contributed by atoms with Crippen molar-refractivity contribution < 1.29 is 9.90 Å². The van der Waals surface area contributed by atoms with Gasteiger partial charge in [-0.2, -0.15) is 0 Å². The molecule has 3 N–H and O–H groups in total. The van der Waals surface area contributed by atoms with Crippen LogP contribution in [0, 0.1) is 6.92 Å². The first-order valence-electron chi connectivity index (χ1n) is 5.55. The summed E-state index contributed by atoms with van der Waals surface area (Å²) in [5, 5.41) is 18.0. The lowest BCUT2D eigenvalue weighted by Gasteiger charge is -2.03. The number of carbonyl (C=O) groups excluding carboxylic acids is 1. The SMILES string of the molecule is Cc1nc(C(=O)NCc2ccc(CO)cc2)n[nH]1. The number of hydrogen-bond acceptors (Lipinski definition) is 4. The van der Waals surface area contributed by atoms with E-state index in [1.54, 1.807) is 6.92 Å². The summed E-state index contributed by atoms with van der Waals surface area (Å²) in [5.74, 6) is 0.428. The average molecular weight is 246 g/mol. The van der Waals surface area contributed by atoms with Gasteiger partial charge >= 0.3 is 0 Å². The normalized spacial score (nSPS) is 10.3. The number of aliphatic hydroxyl groups excluding tert-OH is 1. The van der Waals surface area contributed by atoms with Gasteiger partial charge < -0.3 is 10.4 Å². The second-order valence-electron chi connectivity index (χ2n) is 3.90. The molecule has 0 unspecified atom stereocenters. The van der Waals surface area contributed by atoms with E-state index < -0.39 is 0 Å². The van der Waals surface area contributed by atoms with Crippen LogP contribution in [0.4, 0.5) is 0 Å². The predicted octanol–water partition coefficient (Wildman–Crippen LogP) is 0.535. The van der Waals surface area contributed by atoms with Crippen LogP contribution in [-0.4, -0.2) is 26.2 Å². The lowest BCUT2D eigenvalue weighted by atomic mass is 10.1. The molecule has 6 heteroatoms. The summed E-state index contributed by atoms with van der Waals surface area (Å²) in [6.45, 7) is 2.15. The van der Waals surface area contributed by atoms with Gasteiger partial charge in [-0.25, -0.2) is 4.98 Å². The van der Waals surface area contributed by atoms with Gasteiger partial charge in [0.1, 0.15) is 5.82 Å². The third-order valence-electron chi connectivity index (χ3n) is 2.46. The summed E-state index contributed by atoms with van der Waals surface area (Å²) in [6.07, 6.45) is 0. The Bertz CT molecular complexity index is 533. The van der Waals surface area contributed by atoms with Crippen LogP contribution in [0.2, 0.25) is 0 Å². The molecule has 0 saturated carbocycles. The molecule has 1 heterocycles. The highest BCUT2D eigenvalue weighted by Gasteiger charge is 2.10. The highest BCUT2D eigenvalue weighted by molar-refractivity contribution is 5.90. The van der Waals surface area contributed by atoms with Crippen molar-refractivity contribution in [2.24, 2.45) is 0 Å². The third kappa shape index (κ3) is 2.92. The highest BCUT2D eigenvalue weighted by atomic mass is 16.3. The third-order valence-corrected chi connectivity index (χ3v) is 2.46. The van der Waals surface area contributed by atoms with Crippen molar-refractivity contribution in [3.63, 3.8) is 0 Å². The van der Waals surface area contributed by atoms with Crippen LogP contribution in [0.3, 0.4) is 0 Å². The van der Waals surface area contributed by atoms with E-state index in [9.17, 15) is 4.79 Å². The molecule has 0 aliphatic heterocycles. The maximum atomic E-state index is 11.7. The molecule has 94 valence electrons. The highest BCUT2D eigenvalue weighted by Crippen LogP contribution is 2.04. The van der Waals surface area contributed by atoms with Crippen molar-refractivity contribution in [2.45, 2.75) is 20.1 Å². The van der Waals surface area contributed by atoms with Crippen molar-refractivity contribution in [3.05, 3.63) is 47.0 Å². The fourth-order valence-electron chi connectivity index (χ4n) is 1.47. The van der Waals surface area contributed by atoms with Gasteiger partial charge in [-0.3, -0.25) is 9.89 Å². The zero-order chi connectivity index (χ0) is 13.0. The Morgan fingerprint density at radius 1 is 1.33 bits per heavy atom. The number of rotatable bonds is 4. The van der Waals surface area contributed by atoms with E-state index in [2.05, 4.69) is 20.5 Å². The number of carbonyl (C=O) groups is 1. The van der Waals surface area contributed by atoms with Crippen LogP contribution in [0.15, 0.2) is 24.3 Å². The number of aromatic nitrogens is 3. The van der Waals surface area contributed by atoms with E-state index in [1.807, 2.05) is 24.3 Å². The van der Waals surface area contributed by atoms with E-state index in [0.717, 1.165) is 11.1 Å². The number of benzene rings is 1. The molecule has 0 radical (unpaired) electrons. The van der Waals surface area contributed by atoms with Gasteiger partial charge in [0.25, 0.3) is 5.91 Å². The van der Waals surface area contributed by atoms with Crippen LogP contribution >= 0.6 is 0 Å². The number of nitrogens with zero attached hydrogens (tertiary/aromatic N) is 2. The number of nitrogens with one attached hydrogen (secondary N) is 2. The van der Waals surface area contributed by atoms with Crippen LogP contribution in [0.1, 0.15) is 27.6 Å². The van der Waals surface area contributed by atoms with Gasteiger partial charge in [0.15, 0.2) is 0 Å². The van der Waals surface area contributed by atoms with E-state index in [1.165, 1.54) is 0 Å². The molecule has 0 bridgehead atoms. The standard InChI is InChI=1S/C12H14N4O2/c1-8-14-11(16-15-8)12(18)13-6-9-2-4-10(7-17)5-3-9/h2-5,17H,6-7H2,1H3,(H,13,18)(H,14,15,16). The lowest BCUT2D eigenvalue weighted by Crippen LogP contribution is -2.24. The van der Waals surface area contributed by atoms with Crippen LogP contribution in [0.5, 0.6) is 0 Å². The second kappa shape index (κ2) is 5.42. The zero-order valence-corrected chi connectivity index (χ0v) is 9.97. The van der Waals surface area contributed by atoms with Crippen molar-refractivity contribution >= 4 is 5.91 Å². The van der Waals surface area contributed by atoms with Gasteiger partial charge in [0.2, 0.25) is 5.82 Å². The summed E-state index contributed by atoms with van der Waals surface area (Å²) in [6, 6.07) is 7.35. The number of H-pyrrole nitrogens is 1. The van der Waals surface area contributed by atoms with Crippen LogP contribution in [0.25, 0.3) is 0 Å².